The van der Waals surface area contributed by atoms with Crippen molar-refractivity contribution in [2.75, 3.05) is 19.3 Å². The average Bonchev–Trinajstić information content (AvgIpc) is 2.67. The zero-order chi connectivity index (χ0) is 17.8. The van der Waals surface area contributed by atoms with Crippen LogP contribution in [0.15, 0.2) is 47.5 Å². The highest BCUT2D eigenvalue weighted by Gasteiger charge is 2.29. The lowest BCUT2D eigenvalue weighted by molar-refractivity contribution is 0.0636. The molecule has 0 unspecified atom stereocenters. The largest absolute Gasteiger partial charge is 0.338 e. The Balaban J connectivity index is 1.70. The number of rotatable bonds is 4. The van der Waals surface area contributed by atoms with Crippen LogP contribution in [0, 0.1) is 12.8 Å². The van der Waals surface area contributed by atoms with Crippen molar-refractivity contribution in [1.29, 1.82) is 0 Å². The molecule has 1 aromatic carbocycles. The van der Waals surface area contributed by atoms with Crippen molar-refractivity contribution >= 4 is 23.5 Å². The van der Waals surface area contributed by atoms with Crippen LogP contribution in [0.25, 0.3) is 0 Å². The molecular formula is C20H22N2O2S. The fraction of sp³-hybridized carbons (Fsp3) is 0.350. The second-order valence-corrected chi connectivity index (χ2v) is 7.25. The number of aryl methyl sites for hydroxylation is 1. The minimum absolute atomic E-state index is 0.0391. The van der Waals surface area contributed by atoms with Crippen LogP contribution >= 0.6 is 11.8 Å². The molecule has 1 amide bonds. The first-order valence-electron chi connectivity index (χ1n) is 8.48. The van der Waals surface area contributed by atoms with E-state index in [9.17, 15) is 9.59 Å². The number of pyridine rings is 1. The lowest BCUT2D eigenvalue weighted by Gasteiger charge is -2.32. The zero-order valence-electron chi connectivity index (χ0n) is 14.6. The van der Waals surface area contributed by atoms with E-state index in [0.717, 1.165) is 29.0 Å². The third-order valence-electron chi connectivity index (χ3n) is 4.61. The van der Waals surface area contributed by atoms with Gasteiger partial charge < -0.3 is 4.90 Å². The highest BCUT2D eigenvalue weighted by Crippen LogP contribution is 2.23. The van der Waals surface area contributed by atoms with E-state index in [2.05, 4.69) is 4.98 Å². The number of aromatic nitrogens is 1. The summed E-state index contributed by atoms with van der Waals surface area (Å²) in [4.78, 5) is 32.6. The lowest BCUT2D eigenvalue weighted by Crippen LogP contribution is -2.42. The maximum absolute atomic E-state index is 12.8. The minimum Gasteiger partial charge on any atom is -0.338 e. The Morgan fingerprint density at radius 1 is 1.12 bits per heavy atom. The standard InChI is InChI=1S/C20H22N2O2S/c1-14-5-6-16(12-21-14)20(24)22-11-3-4-17(13-22)19(23)15-7-9-18(25-2)10-8-15/h5-10,12,17H,3-4,11,13H2,1-2H3/t17-/m1/s1. The van der Waals surface area contributed by atoms with Crippen LogP contribution < -0.4 is 0 Å². The van der Waals surface area contributed by atoms with Crippen molar-refractivity contribution < 1.29 is 9.59 Å². The Kier molecular flexibility index (Phi) is 5.53. The molecule has 1 saturated heterocycles. The first-order chi connectivity index (χ1) is 12.1. The number of amides is 1. The molecule has 3 rings (SSSR count). The fourth-order valence-electron chi connectivity index (χ4n) is 3.14. The maximum Gasteiger partial charge on any atom is 0.255 e. The molecule has 130 valence electrons. The number of piperidine rings is 1. The quantitative estimate of drug-likeness (QED) is 0.618. The summed E-state index contributed by atoms with van der Waals surface area (Å²) < 4.78 is 0. The van der Waals surface area contributed by atoms with Gasteiger partial charge >= 0.3 is 0 Å². The molecule has 0 spiro atoms. The summed E-state index contributed by atoms with van der Waals surface area (Å²) in [6.45, 7) is 3.07. The van der Waals surface area contributed by atoms with Gasteiger partial charge in [-0.25, -0.2) is 0 Å². The van der Waals surface area contributed by atoms with Gasteiger partial charge in [-0.15, -0.1) is 11.8 Å². The normalized spacial score (nSPS) is 17.4. The first-order valence-corrected chi connectivity index (χ1v) is 9.71. The summed E-state index contributed by atoms with van der Waals surface area (Å²) >= 11 is 1.66. The predicted octanol–water partition coefficient (Wildman–Crippen LogP) is 3.85. The number of Topliss-reactive ketones (excluding diaryl/α,β-unsaturated/α-hetero) is 1. The van der Waals surface area contributed by atoms with Crippen molar-refractivity contribution in [2.45, 2.75) is 24.7 Å². The molecule has 0 bridgehead atoms. The van der Waals surface area contributed by atoms with Crippen molar-refractivity contribution in [1.82, 2.24) is 9.88 Å². The van der Waals surface area contributed by atoms with Crippen LogP contribution in [-0.2, 0) is 0 Å². The summed E-state index contributed by atoms with van der Waals surface area (Å²) in [6, 6.07) is 11.4. The Bertz CT molecular complexity index is 756. The zero-order valence-corrected chi connectivity index (χ0v) is 15.4. The number of nitrogens with zero attached hydrogens (tertiary/aromatic N) is 2. The van der Waals surface area contributed by atoms with Crippen molar-refractivity contribution in [3.8, 4) is 0 Å². The number of hydrogen-bond donors (Lipinski definition) is 0. The Morgan fingerprint density at radius 2 is 1.84 bits per heavy atom. The first kappa shape index (κ1) is 17.7. The molecule has 1 fully saturated rings. The highest BCUT2D eigenvalue weighted by molar-refractivity contribution is 7.98. The van der Waals surface area contributed by atoms with Gasteiger partial charge in [0.25, 0.3) is 5.91 Å². The summed E-state index contributed by atoms with van der Waals surface area (Å²) in [5.74, 6) is -0.0360. The van der Waals surface area contributed by atoms with Crippen LogP contribution in [-0.4, -0.2) is 40.9 Å². The Hall–Kier alpha value is -2.14. The number of hydrogen-bond acceptors (Lipinski definition) is 4. The second kappa shape index (κ2) is 7.83. The SMILES string of the molecule is CSc1ccc(C(=O)[C@@H]2CCCN(C(=O)c3ccc(C)nc3)C2)cc1. The molecule has 25 heavy (non-hydrogen) atoms. The van der Waals surface area contributed by atoms with Crippen molar-refractivity contribution in [3.63, 3.8) is 0 Å². The molecule has 0 N–H and O–H groups in total. The lowest BCUT2D eigenvalue weighted by atomic mass is 9.90. The van der Waals surface area contributed by atoms with Gasteiger partial charge in [-0.3, -0.25) is 14.6 Å². The molecule has 0 saturated carbocycles. The van der Waals surface area contributed by atoms with Gasteiger partial charge in [0.1, 0.15) is 0 Å². The van der Waals surface area contributed by atoms with Gasteiger partial charge in [0, 0.05) is 41.4 Å². The highest BCUT2D eigenvalue weighted by atomic mass is 32.2. The number of carbonyl (C=O) groups is 2. The van der Waals surface area contributed by atoms with Gasteiger partial charge in [0.2, 0.25) is 0 Å². The smallest absolute Gasteiger partial charge is 0.255 e. The molecule has 4 nitrogen and oxygen atoms in total. The van der Waals surface area contributed by atoms with Gasteiger partial charge in [0.15, 0.2) is 5.78 Å². The summed E-state index contributed by atoms with van der Waals surface area (Å²) in [5, 5.41) is 0. The summed E-state index contributed by atoms with van der Waals surface area (Å²) in [7, 11) is 0. The van der Waals surface area contributed by atoms with Gasteiger partial charge in [-0.2, -0.15) is 0 Å². The van der Waals surface area contributed by atoms with Crippen molar-refractivity contribution in [2.24, 2.45) is 5.92 Å². The van der Waals surface area contributed by atoms with E-state index < -0.39 is 0 Å². The average molecular weight is 354 g/mol. The predicted molar refractivity (Wildman–Crippen MR) is 100 cm³/mol. The molecule has 2 aromatic rings. The molecule has 0 radical (unpaired) electrons. The molecule has 0 aliphatic carbocycles. The van der Waals surface area contributed by atoms with Crippen LogP contribution in [0.5, 0.6) is 0 Å². The molecule has 1 atom stereocenters. The van der Waals surface area contributed by atoms with Crippen LogP contribution in [0.3, 0.4) is 0 Å². The molecular weight excluding hydrogens is 332 g/mol. The van der Waals surface area contributed by atoms with E-state index in [-0.39, 0.29) is 17.6 Å². The number of benzene rings is 1. The monoisotopic (exact) mass is 354 g/mol. The van der Waals surface area contributed by atoms with E-state index in [4.69, 9.17) is 0 Å². The van der Waals surface area contributed by atoms with Crippen LogP contribution in [0.2, 0.25) is 0 Å². The van der Waals surface area contributed by atoms with Gasteiger partial charge in [-0.05, 0) is 50.3 Å². The molecule has 1 aliphatic heterocycles. The van der Waals surface area contributed by atoms with Gasteiger partial charge in [-0.1, -0.05) is 12.1 Å². The van der Waals surface area contributed by atoms with E-state index in [1.54, 1.807) is 28.9 Å². The second-order valence-electron chi connectivity index (χ2n) is 6.37. The topological polar surface area (TPSA) is 50.3 Å². The number of thioether (sulfide) groups is 1. The van der Waals surface area contributed by atoms with E-state index in [1.807, 2.05) is 43.5 Å². The number of ketones is 1. The molecule has 1 aromatic heterocycles. The van der Waals surface area contributed by atoms with Crippen LogP contribution in [0.1, 0.15) is 39.3 Å². The van der Waals surface area contributed by atoms with E-state index in [1.165, 1.54) is 0 Å². The fourth-order valence-corrected chi connectivity index (χ4v) is 3.55. The number of carbonyl (C=O) groups excluding carboxylic acids is 2. The maximum atomic E-state index is 12.8. The van der Waals surface area contributed by atoms with E-state index >= 15 is 0 Å². The third-order valence-corrected chi connectivity index (χ3v) is 5.36. The molecule has 2 heterocycles. The Morgan fingerprint density at radius 3 is 2.48 bits per heavy atom. The number of likely N-dealkylation sites (tertiary alicyclic amines) is 1. The Labute approximate surface area is 152 Å². The van der Waals surface area contributed by atoms with Gasteiger partial charge in [0.05, 0.1) is 5.56 Å². The van der Waals surface area contributed by atoms with Crippen LogP contribution in [0.4, 0.5) is 0 Å². The molecule has 5 heteroatoms. The molecule has 1 aliphatic rings. The minimum atomic E-state index is -0.128. The summed E-state index contributed by atoms with van der Waals surface area (Å²) in [5.41, 5.74) is 2.20. The summed E-state index contributed by atoms with van der Waals surface area (Å²) in [6.07, 6.45) is 5.31. The third kappa shape index (κ3) is 4.10. The van der Waals surface area contributed by atoms with Crippen molar-refractivity contribution in [3.05, 3.63) is 59.4 Å². The van der Waals surface area contributed by atoms with E-state index in [0.29, 0.717) is 18.7 Å².